The second-order valence-electron chi connectivity index (χ2n) is 6.57. The summed E-state index contributed by atoms with van der Waals surface area (Å²) in [6.45, 7) is 10.3. The molecule has 4 nitrogen and oxygen atoms in total. The van der Waals surface area contributed by atoms with Crippen LogP contribution in [0.1, 0.15) is 26.3 Å². The van der Waals surface area contributed by atoms with Crippen LogP contribution >= 0.6 is 11.6 Å². The molecule has 116 valence electrons. The zero-order valence-electron chi connectivity index (χ0n) is 13.0. The molecule has 1 aromatic rings. The summed E-state index contributed by atoms with van der Waals surface area (Å²) in [5.41, 5.74) is 1.07. The van der Waals surface area contributed by atoms with Crippen LogP contribution in [0.3, 0.4) is 0 Å². The lowest BCUT2D eigenvalue weighted by Crippen LogP contribution is -2.54. The Balaban J connectivity index is 1.80. The average molecular weight is 310 g/mol. The molecule has 1 heterocycles. The van der Waals surface area contributed by atoms with E-state index in [9.17, 15) is 4.79 Å². The van der Waals surface area contributed by atoms with Crippen molar-refractivity contribution in [1.29, 1.82) is 0 Å². The molecule has 1 fully saturated rings. The number of carbonyl (C=O) groups excluding carboxylic acids is 1. The normalized spacial score (nSPS) is 16.9. The summed E-state index contributed by atoms with van der Waals surface area (Å²) in [4.78, 5) is 16.4. The minimum Gasteiger partial charge on any atom is -0.333 e. The number of amides is 2. The quantitative estimate of drug-likeness (QED) is 0.911. The second kappa shape index (κ2) is 6.67. The lowest BCUT2D eigenvalue weighted by molar-refractivity contribution is 0.131. The largest absolute Gasteiger partial charge is 0.333 e. The summed E-state index contributed by atoms with van der Waals surface area (Å²) < 4.78 is 0. The Bertz CT molecular complexity index is 473. The van der Waals surface area contributed by atoms with Gasteiger partial charge in [0, 0.05) is 43.3 Å². The van der Waals surface area contributed by atoms with E-state index in [0.29, 0.717) is 0 Å². The number of piperazine rings is 1. The van der Waals surface area contributed by atoms with E-state index in [4.69, 9.17) is 11.6 Å². The number of hydrogen-bond donors (Lipinski definition) is 1. The van der Waals surface area contributed by atoms with E-state index < -0.39 is 0 Å². The topological polar surface area (TPSA) is 35.6 Å². The maximum absolute atomic E-state index is 12.1. The number of halogens is 1. The molecule has 0 atom stereocenters. The zero-order chi connectivity index (χ0) is 15.5. The summed E-state index contributed by atoms with van der Waals surface area (Å²) in [5, 5.41) is 3.78. The van der Waals surface area contributed by atoms with Gasteiger partial charge < -0.3 is 10.2 Å². The third kappa shape index (κ3) is 5.21. The third-order valence-electron chi connectivity index (χ3n) is 3.46. The Morgan fingerprint density at radius 1 is 1.14 bits per heavy atom. The van der Waals surface area contributed by atoms with Gasteiger partial charge in [-0.2, -0.15) is 0 Å². The monoisotopic (exact) mass is 309 g/mol. The summed E-state index contributed by atoms with van der Waals surface area (Å²) in [5.74, 6) is 0. The van der Waals surface area contributed by atoms with Gasteiger partial charge in [0.1, 0.15) is 0 Å². The highest BCUT2D eigenvalue weighted by molar-refractivity contribution is 6.30. The van der Waals surface area contributed by atoms with Crippen molar-refractivity contribution in [3.05, 3.63) is 34.9 Å². The van der Waals surface area contributed by atoms with Gasteiger partial charge in [0.15, 0.2) is 0 Å². The van der Waals surface area contributed by atoms with E-state index in [-0.39, 0.29) is 11.6 Å². The Kier molecular flexibility index (Phi) is 5.12. The average Bonchev–Trinajstić information content (AvgIpc) is 2.40. The highest BCUT2D eigenvalue weighted by Crippen LogP contribution is 2.13. The fourth-order valence-corrected chi connectivity index (χ4v) is 2.48. The van der Waals surface area contributed by atoms with Crippen LogP contribution in [0.25, 0.3) is 0 Å². The smallest absolute Gasteiger partial charge is 0.317 e. The van der Waals surface area contributed by atoms with Crippen LogP contribution in [0.4, 0.5) is 4.79 Å². The molecule has 1 aliphatic rings. The van der Waals surface area contributed by atoms with Crippen LogP contribution in [0, 0.1) is 0 Å². The second-order valence-corrected chi connectivity index (χ2v) is 7.01. The zero-order valence-corrected chi connectivity index (χ0v) is 13.8. The molecule has 1 N–H and O–H groups in total. The first-order chi connectivity index (χ1) is 9.83. The van der Waals surface area contributed by atoms with Crippen LogP contribution in [0.5, 0.6) is 0 Å². The minimum atomic E-state index is -0.183. The van der Waals surface area contributed by atoms with Crippen LogP contribution < -0.4 is 5.32 Å². The number of carbonyl (C=O) groups is 1. The van der Waals surface area contributed by atoms with Gasteiger partial charge in [0.05, 0.1) is 0 Å². The molecule has 5 heteroatoms. The molecule has 2 rings (SSSR count). The van der Waals surface area contributed by atoms with E-state index in [1.807, 2.05) is 37.8 Å². The molecule has 1 aliphatic heterocycles. The first kappa shape index (κ1) is 16.1. The van der Waals surface area contributed by atoms with Gasteiger partial charge in [-0.15, -0.1) is 0 Å². The number of nitrogens with zero attached hydrogens (tertiary/aromatic N) is 2. The van der Waals surface area contributed by atoms with Crippen molar-refractivity contribution < 1.29 is 4.79 Å². The molecule has 2 amide bonds. The van der Waals surface area contributed by atoms with Crippen molar-refractivity contribution in [2.45, 2.75) is 32.9 Å². The number of hydrogen-bond acceptors (Lipinski definition) is 2. The van der Waals surface area contributed by atoms with Crippen molar-refractivity contribution in [2.24, 2.45) is 0 Å². The summed E-state index contributed by atoms with van der Waals surface area (Å²) >= 11 is 5.90. The summed E-state index contributed by atoms with van der Waals surface area (Å²) in [7, 11) is 0. The van der Waals surface area contributed by atoms with E-state index in [2.05, 4.69) is 22.3 Å². The van der Waals surface area contributed by atoms with Crippen molar-refractivity contribution >= 4 is 17.6 Å². The summed E-state index contributed by atoms with van der Waals surface area (Å²) in [6.07, 6.45) is 0. The van der Waals surface area contributed by atoms with Crippen molar-refractivity contribution in [3.63, 3.8) is 0 Å². The van der Waals surface area contributed by atoms with Crippen molar-refractivity contribution in [1.82, 2.24) is 15.1 Å². The Hall–Kier alpha value is -1.26. The lowest BCUT2D eigenvalue weighted by atomic mass is 10.1. The molecule has 1 aromatic carbocycles. The summed E-state index contributed by atoms with van der Waals surface area (Å²) in [6, 6.07) is 7.99. The highest BCUT2D eigenvalue weighted by atomic mass is 35.5. The first-order valence-corrected chi connectivity index (χ1v) is 7.75. The molecule has 0 spiro atoms. The number of rotatable bonds is 2. The molecule has 0 aromatic heterocycles. The van der Waals surface area contributed by atoms with Crippen LogP contribution in [-0.4, -0.2) is 47.5 Å². The predicted molar refractivity (Wildman–Crippen MR) is 86.6 cm³/mol. The maximum atomic E-state index is 12.1. The lowest BCUT2D eigenvalue weighted by Gasteiger charge is -2.36. The number of benzene rings is 1. The first-order valence-electron chi connectivity index (χ1n) is 7.37. The van der Waals surface area contributed by atoms with Crippen molar-refractivity contribution in [3.8, 4) is 0 Å². The molecule has 21 heavy (non-hydrogen) atoms. The van der Waals surface area contributed by atoms with E-state index in [0.717, 1.165) is 37.7 Å². The Morgan fingerprint density at radius 3 is 2.24 bits per heavy atom. The van der Waals surface area contributed by atoms with E-state index in [1.54, 1.807) is 0 Å². The van der Waals surface area contributed by atoms with Gasteiger partial charge >= 0.3 is 6.03 Å². The number of urea groups is 1. The molecule has 0 radical (unpaired) electrons. The minimum absolute atomic E-state index is 0.0358. The molecule has 0 aliphatic carbocycles. The fraction of sp³-hybridized carbons (Fsp3) is 0.562. The molecule has 0 saturated carbocycles. The molecule has 0 bridgehead atoms. The maximum Gasteiger partial charge on any atom is 0.317 e. The van der Waals surface area contributed by atoms with Gasteiger partial charge in [-0.3, -0.25) is 4.90 Å². The van der Waals surface area contributed by atoms with Crippen LogP contribution in [0.15, 0.2) is 24.3 Å². The van der Waals surface area contributed by atoms with Gasteiger partial charge in [0.25, 0.3) is 0 Å². The van der Waals surface area contributed by atoms with Crippen molar-refractivity contribution in [2.75, 3.05) is 26.2 Å². The van der Waals surface area contributed by atoms with Gasteiger partial charge in [0.2, 0.25) is 0 Å². The highest BCUT2D eigenvalue weighted by Gasteiger charge is 2.23. The fourth-order valence-electron chi connectivity index (χ4n) is 2.36. The molecular formula is C16H24ClN3O. The van der Waals surface area contributed by atoms with Gasteiger partial charge in [-0.05, 0) is 38.5 Å². The third-order valence-corrected chi connectivity index (χ3v) is 3.71. The van der Waals surface area contributed by atoms with Gasteiger partial charge in [-0.25, -0.2) is 4.79 Å². The van der Waals surface area contributed by atoms with Crippen LogP contribution in [-0.2, 0) is 6.54 Å². The Labute approximate surface area is 132 Å². The Morgan fingerprint density at radius 2 is 1.71 bits per heavy atom. The standard InChI is InChI=1S/C16H24ClN3O/c1-16(2,3)18-15(21)20-10-8-19(9-11-20)12-13-4-6-14(17)7-5-13/h4-7H,8-12H2,1-3H3,(H,18,21). The molecular weight excluding hydrogens is 286 g/mol. The van der Waals surface area contributed by atoms with Gasteiger partial charge in [-0.1, -0.05) is 23.7 Å². The molecule has 0 unspecified atom stereocenters. The SMILES string of the molecule is CC(C)(C)NC(=O)N1CCN(Cc2ccc(Cl)cc2)CC1. The van der Waals surface area contributed by atoms with E-state index >= 15 is 0 Å². The predicted octanol–water partition coefficient (Wildman–Crippen LogP) is 2.97. The van der Waals surface area contributed by atoms with Crippen LogP contribution in [0.2, 0.25) is 5.02 Å². The number of nitrogens with one attached hydrogen (secondary N) is 1. The van der Waals surface area contributed by atoms with E-state index in [1.165, 1.54) is 5.56 Å². The molecule has 1 saturated heterocycles.